The number of hydrogen-bond acceptors (Lipinski definition) is 3. The Morgan fingerprint density at radius 2 is 0.917 bits per heavy atom. The lowest BCUT2D eigenvalue weighted by molar-refractivity contribution is 1.08. The number of hydrogen-bond donors (Lipinski definition) is 0. The van der Waals surface area contributed by atoms with E-state index in [0.29, 0.717) is 23.0 Å². The first-order valence-electron chi connectivity index (χ1n) is 18.3. The summed E-state index contributed by atoms with van der Waals surface area (Å²) in [6.45, 7) is 0. The number of benzene rings is 8. The van der Waals surface area contributed by atoms with Gasteiger partial charge in [-0.1, -0.05) is 158 Å². The standard InChI is InChI=1S/C45H29N3/c1-3-11-30(12-4-1)36-22-21-32-17-10-20-41(42(32)29-36)45-47-43(33-14-5-2-6-15-33)46-44(48-45)38-26-24-34-27-37(25-23-35(34)28-38)40-19-9-16-31-13-7-8-18-39(31)40/h1-29H/i1D,3D,4D,11D,12D. The zero-order valence-electron chi connectivity index (χ0n) is 30.7. The van der Waals surface area contributed by atoms with Gasteiger partial charge in [-0.15, -0.1) is 0 Å². The second-order valence-electron chi connectivity index (χ2n) is 11.7. The third kappa shape index (κ3) is 5.08. The minimum Gasteiger partial charge on any atom is -0.208 e. The van der Waals surface area contributed by atoms with Crippen LogP contribution >= 0.6 is 0 Å². The molecule has 3 heteroatoms. The largest absolute Gasteiger partial charge is 0.208 e. The van der Waals surface area contributed by atoms with E-state index in [0.717, 1.165) is 43.8 Å². The molecule has 48 heavy (non-hydrogen) atoms. The van der Waals surface area contributed by atoms with Gasteiger partial charge in [0.1, 0.15) is 0 Å². The predicted octanol–water partition coefficient (Wildman–Crippen LogP) is 11.7. The molecule has 0 fully saturated rings. The van der Waals surface area contributed by atoms with E-state index in [1.165, 1.54) is 16.3 Å². The van der Waals surface area contributed by atoms with Crippen molar-refractivity contribution in [2.24, 2.45) is 0 Å². The Labute approximate surface area is 285 Å². The highest BCUT2D eigenvalue weighted by Gasteiger charge is 2.15. The quantitative estimate of drug-likeness (QED) is 0.193. The van der Waals surface area contributed by atoms with Gasteiger partial charge in [0, 0.05) is 16.7 Å². The molecular weight excluding hydrogens is 583 g/mol. The third-order valence-corrected chi connectivity index (χ3v) is 8.78. The Morgan fingerprint density at radius 3 is 1.73 bits per heavy atom. The van der Waals surface area contributed by atoms with E-state index >= 15 is 0 Å². The SMILES string of the molecule is [2H]c1c([2H])c([2H])c(-c2ccc3cccc(-c4nc(-c5ccccc5)nc(-c5ccc6cc(-c7cccc8ccccc78)ccc6c5)n4)c3c2)c([2H])c1[2H]. The molecule has 0 spiro atoms. The summed E-state index contributed by atoms with van der Waals surface area (Å²) in [7, 11) is 0. The molecule has 9 rings (SSSR count). The summed E-state index contributed by atoms with van der Waals surface area (Å²) in [6.07, 6.45) is 0. The molecule has 0 aliphatic rings. The van der Waals surface area contributed by atoms with Crippen molar-refractivity contribution < 1.29 is 6.85 Å². The fraction of sp³-hybridized carbons (Fsp3) is 0. The van der Waals surface area contributed by atoms with Crippen LogP contribution < -0.4 is 0 Å². The molecule has 0 saturated heterocycles. The Balaban J connectivity index is 1.19. The number of fused-ring (bicyclic) bond motifs is 3. The molecule has 1 heterocycles. The normalized spacial score (nSPS) is 12.8. The second kappa shape index (κ2) is 11.7. The monoisotopic (exact) mass is 616 g/mol. The molecule has 8 aromatic carbocycles. The molecule has 0 radical (unpaired) electrons. The molecule has 0 amide bonds. The average Bonchev–Trinajstić information content (AvgIpc) is 3.21. The van der Waals surface area contributed by atoms with Crippen LogP contribution in [0.5, 0.6) is 0 Å². The van der Waals surface area contributed by atoms with E-state index in [2.05, 4.69) is 72.8 Å². The maximum Gasteiger partial charge on any atom is 0.164 e. The Morgan fingerprint density at radius 1 is 0.333 bits per heavy atom. The first-order valence-corrected chi connectivity index (χ1v) is 15.8. The molecule has 9 aromatic rings. The van der Waals surface area contributed by atoms with Gasteiger partial charge in [-0.3, -0.25) is 0 Å². The van der Waals surface area contributed by atoms with Crippen LogP contribution in [-0.4, -0.2) is 15.0 Å². The van der Waals surface area contributed by atoms with Crippen molar-refractivity contribution in [1.82, 2.24) is 15.0 Å². The zero-order chi connectivity index (χ0) is 36.2. The third-order valence-electron chi connectivity index (χ3n) is 8.78. The van der Waals surface area contributed by atoms with Gasteiger partial charge in [-0.05, 0) is 72.8 Å². The smallest absolute Gasteiger partial charge is 0.164 e. The van der Waals surface area contributed by atoms with E-state index in [1.54, 1.807) is 6.07 Å². The number of aromatic nitrogens is 3. The van der Waals surface area contributed by atoms with Crippen LogP contribution in [0.3, 0.4) is 0 Å². The van der Waals surface area contributed by atoms with E-state index in [9.17, 15) is 0 Å². The van der Waals surface area contributed by atoms with Gasteiger partial charge in [0.2, 0.25) is 0 Å². The van der Waals surface area contributed by atoms with Gasteiger partial charge in [0.05, 0.1) is 6.85 Å². The molecule has 0 bridgehead atoms. The summed E-state index contributed by atoms with van der Waals surface area (Å²) in [5.41, 5.74) is 5.42. The Bertz CT molecular complexity index is 2880. The van der Waals surface area contributed by atoms with E-state index in [-0.39, 0.29) is 29.7 Å². The lowest BCUT2D eigenvalue weighted by atomic mass is 9.95. The van der Waals surface area contributed by atoms with Gasteiger partial charge in [-0.25, -0.2) is 15.0 Å². The van der Waals surface area contributed by atoms with Crippen molar-refractivity contribution in [1.29, 1.82) is 0 Å². The summed E-state index contributed by atoms with van der Waals surface area (Å²) in [5, 5.41) is 6.26. The van der Waals surface area contributed by atoms with Crippen LogP contribution in [0.2, 0.25) is 0 Å². The molecule has 0 aliphatic heterocycles. The van der Waals surface area contributed by atoms with Gasteiger partial charge in [-0.2, -0.15) is 0 Å². The van der Waals surface area contributed by atoms with Crippen LogP contribution in [0.25, 0.3) is 88.7 Å². The highest BCUT2D eigenvalue weighted by atomic mass is 15.0. The maximum absolute atomic E-state index is 8.58. The minimum absolute atomic E-state index is 0.147. The summed E-state index contributed by atoms with van der Waals surface area (Å²) in [4.78, 5) is 15.0. The maximum atomic E-state index is 8.58. The Kier molecular flexibility index (Phi) is 5.61. The number of rotatable bonds is 5. The minimum atomic E-state index is -0.421. The molecule has 3 nitrogen and oxygen atoms in total. The van der Waals surface area contributed by atoms with Crippen LogP contribution in [0, 0.1) is 0 Å². The van der Waals surface area contributed by atoms with Gasteiger partial charge in [0.15, 0.2) is 17.5 Å². The Hall–Kier alpha value is -6.45. The fourth-order valence-electron chi connectivity index (χ4n) is 6.39. The lowest BCUT2D eigenvalue weighted by Gasteiger charge is -2.12. The first-order chi connectivity index (χ1) is 25.8. The fourth-order valence-corrected chi connectivity index (χ4v) is 6.39. The van der Waals surface area contributed by atoms with E-state index in [4.69, 9.17) is 21.8 Å². The van der Waals surface area contributed by atoms with Crippen molar-refractivity contribution in [3.63, 3.8) is 0 Å². The van der Waals surface area contributed by atoms with E-state index in [1.807, 2.05) is 66.7 Å². The van der Waals surface area contributed by atoms with Crippen molar-refractivity contribution >= 4 is 32.3 Å². The van der Waals surface area contributed by atoms with Crippen LogP contribution in [0.15, 0.2) is 176 Å². The van der Waals surface area contributed by atoms with Crippen molar-refractivity contribution in [2.45, 2.75) is 0 Å². The molecule has 0 aliphatic carbocycles. The van der Waals surface area contributed by atoms with Gasteiger partial charge >= 0.3 is 0 Å². The molecule has 0 atom stereocenters. The van der Waals surface area contributed by atoms with Crippen molar-refractivity contribution in [3.8, 4) is 56.4 Å². The summed E-state index contributed by atoms with van der Waals surface area (Å²) in [6, 6.07) is 47.1. The van der Waals surface area contributed by atoms with Crippen LogP contribution in [-0.2, 0) is 0 Å². The van der Waals surface area contributed by atoms with E-state index < -0.39 is 6.04 Å². The summed E-state index contributed by atoms with van der Waals surface area (Å²) >= 11 is 0. The summed E-state index contributed by atoms with van der Waals surface area (Å²) < 4.78 is 41.7. The molecular formula is C45H29N3. The highest BCUT2D eigenvalue weighted by molar-refractivity contribution is 6.00. The molecule has 0 saturated carbocycles. The highest BCUT2D eigenvalue weighted by Crippen LogP contribution is 2.35. The second-order valence-corrected chi connectivity index (χ2v) is 11.7. The van der Waals surface area contributed by atoms with Gasteiger partial charge in [0.25, 0.3) is 0 Å². The van der Waals surface area contributed by atoms with Gasteiger partial charge < -0.3 is 0 Å². The average molecular weight is 617 g/mol. The number of nitrogens with zero attached hydrogens (tertiary/aromatic N) is 3. The van der Waals surface area contributed by atoms with Crippen molar-refractivity contribution in [3.05, 3.63) is 176 Å². The van der Waals surface area contributed by atoms with Crippen LogP contribution in [0.1, 0.15) is 6.85 Å². The summed E-state index contributed by atoms with van der Waals surface area (Å²) in [5.74, 6) is 1.51. The molecule has 0 unspecified atom stereocenters. The van der Waals surface area contributed by atoms with Crippen LogP contribution in [0.4, 0.5) is 0 Å². The molecule has 1 aromatic heterocycles. The topological polar surface area (TPSA) is 38.7 Å². The zero-order valence-corrected chi connectivity index (χ0v) is 25.7. The predicted molar refractivity (Wildman–Crippen MR) is 200 cm³/mol. The lowest BCUT2D eigenvalue weighted by Crippen LogP contribution is -2.00. The first kappa shape index (κ1) is 23.0. The molecule has 224 valence electrons. The van der Waals surface area contributed by atoms with Crippen molar-refractivity contribution in [2.75, 3.05) is 0 Å². The molecule has 0 N–H and O–H groups in total.